The van der Waals surface area contributed by atoms with Crippen LogP contribution in [0, 0.1) is 0 Å². The minimum absolute atomic E-state index is 0.345. The highest BCUT2D eigenvalue weighted by molar-refractivity contribution is 9.10. The standard InChI is InChI=1S/C8H7BrClNO2/c9-5-3-1-2-4(6(5)10)7(11)8(12)13/h1-3,7H,11H2,(H,12,13)/t7-/m0/s1. The molecule has 0 heterocycles. The van der Waals surface area contributed by atoms with Gasteiger partial charge in [-0.25, -0.2) is 0 Å². The first-order valence-electron chi connectivity index (χ1n) is 3.46. The van der Waals surface area contributed by atoms with Crippen molar-refractivity contribution in [2.24, 2.45) is 5.73 Å². The lowest BCUT2D eigenvalue weighted by Gasteiger charge is -2.09. The van der Waals surface area contributed by atoms with Crippen LogP contribution in [0.5, 0.6) is 0 Å². The number of carboxylic acids is 1. The Morgan fingerprint density at radius 2 is 2.23 bits per heavy atom. The predicted molar refractivity (Wildman–Crippen MR) is 53.7 cm³/mol. The monoisotopic (exact) mass is 263 g/mol. The molecule has 0 aliphatic rings. The third-order valence-corrected chi connectivity index (χ3v) is 2.89. The van der Waals surface area contributed by atoms with Crippen LogP contribution in [0.15, 0.2) is 22.7 Å². The van der Waals surface area contributed by atoms with Crippen molar-refractivity contribution in [1.29, 1.82) is 0 Å². The van der Waals surface area contributed by atoms with Gasteiger partial charge < -0.3 is 10.8 Å². The van der Waals surface area contributed by atoms with E-state index in [1.807, 2.05) is 0 Å². The number of aliphatic carboxylic acids is 1. The number of rotatable bonds is 2. The van der Waals surface area contributed by atoms with E-state index in [1.54, 1.807) is 18.2 Å². The number of carbonyl (C=O) groups is 1. The van der Waals surface area contributed by atoms with Gasteiger partial charge in [0.05, 0.1) is 5.02 Å². The van der Waals surface area contributed by atoms with Crippen molar-refractivity contribution in [1.82, 2.24) is 0 Å². The summed E-state index contributed by atoms with van der Waals surface area (Å²) in [5.41, 5.74) is 5.81. The van der Waals surface area contributed by atoms with Gasteiger partial charge in [0, 0.05) is 4.47 Å². The molecule has 1 aromatic rings. The minimum atomic E-state index is -1.10. The Morgan fingerprint density at radius 1 is 1.62 bits per heavy atom. The summed E-state index contributed by atoms with van der Waals surface area (Å²) in [6.45, 7) is 0. The third kappa shape index (κ3) is 2.21. The summed E-state index contributed by atoms with van der Waals surface area (Å²) in [5, 5.41) is 9.00. The topological polar surface area (TPSA) is 63.3 Å². The zero-order valence-electron chi connectivity index (χ0n) is 6.50. The lowest BCUT2D eigenvalue weighted by Crippen LogP contribution is -2.20. The molecule has 0 radical (unpaired) electrons. The third-order valence-electron chi connectivity index (χ3n) is 1.58. The van der Waals surface area contributed by atoms with Crippen LogP contribution < -0.4 is 5.73 Å². The molecule has 0 bridgehead atoms. The average molecular weight is 265 g/mol. The Labute approximate surface area is 88.6 Å². The van der Waals surface area contributed by atoms with Gasteiger partial charge in [-0.2, -0.15) is 0 Å². The highest BCUT2D eigenvalue weighted by Crippen LogP contribution is 2.29. The van der Waals surface area contributed by atoms with E-state index in [0.29, 0.717) is 15.1 Å². The van der Waals surface area contributed by atoms with Crippen molar-refractivity contribution in [3.8, 4) is 0 Å². The summed E-state index contributed by atoms with van der Waals surface area (Å²) in [7, 11) is 0. The van der Waals surface area contributed by atoms with E-state index in [4.69, 9.17) is 22.4 Å². The van der Waals surface area contributed by atoms with E-state index >= 15 is 0 Å². The highest BCUT2D eigenvalue weighted by Gasteiger charge is 2.18. The average Bonchev–Trinajstić information content (AvgIpc) is 2.08. The van der Waals surface area contributed by atoms with Gasteiger partial charge in [-0.05, 0) is 27.6 Å². The highest BCUT2D eigenvalue weighted by atomic mass is 79.9. The molecular weight excluding hydrogens is 257 g/mol. The maximum Gasteiger partial charge on any atom is 0.325 e. The Balaban J connectivity index is 3.15. The Bertz CT molecular complexity index is 343. The fourth-order valence-electron chi connectivity index (χ4n) is 0.894. The maximum atomic E-state index is 10.6. The van der Waals surface area contributed by atoms with Crippen molar-refractivity contribution >= 4 is 33.5 Å². The van der Waals surface area contributed by atoms with E-state index in [-0.39, 0.29) is 0 Å². The molecule has 0 spiro atoms. The molecule has 1 aromatic carbocycles. The molecule has 0 amide bonds. The lowest BCUT2D eigenvalue weighted by molar-refractivity contribution is -0.138. The van der Waals surface area contributed by atoms with Crippen LogP contribution in [0.3, 0.4) is 0 Å². The van der Waals surface area contributed by atoms with Gasteiger partial charge in [-0.3, -0.25) is 4.79 Å². The minimum Gasteiger partial charge on any atom is -0.480 e. The van der Waals surface area contributed by atoms with Gasteiger partial charge >= 0.3 is 5.97 Å². The number of benzene rings is 1. The molecule has 0 aromatic heterocycles. The number of halogens is 2. The van der Waals surface area contributed by atoms with E-state index in [1.165, 1.54) is 0 Å². The molecule has 1 atom stereocenters. The first kappa shape index (κ1) is 10.5. The summed E-state index contributed by atoms with van der Waals surface area (Å²) >= 11 is 9.02. The Morgan fingerprint density at radius 3 is 2.77 bits per heavy atom. The van der Waals surface area contributed by atoms with Crippen LogP contribution in [0.25, 0.3) is 0 Å². The van der Waals surface area contributed by atoms with Crippen LogP contribution in [0.2, 0.25) is 5.02 Å². The largest absolute Gasteiger partial charge is 0.480 e. The van der Waals surface area contributed by atoms with E-state index < -0.39 is 12.0 Å². The number of nitrogens with two attached hydrogens (primary N) is 1. The summed E-state index contributed by atoms with van der Waals surface area (Å²) < 4.78 is 0.642. The fourth-order valence-corrected chi connectivity index (χ4v) is 1.52. The molecule has 0 saturated carbocycles. The van der Waals surface area contributed by atoms with Crippen LogP contribution >= 0.6 is 27.5 Å². The second kappa shape index (κ2) is 4.09. The van der Waals surface area contributed by atoms with Crippen molar-refractivity contribution in [2.75, 3.05) is 0 Å². The van der Waals surface area contributed by atoms with Crippen molar-refractivity contribution < 1.29 is 9.90 Å². The SMILES string of the molecule is N[C@H](C(=O)O)c1cccc(Br)c1Cl. The van der Waals surface area contributed by atoms with Crippen LogP contribution in [-0.2, 0) is 4.79 Å². The zero-order valence-corrected chi connectivity index (χ0v) is 8.84. The van der Waals surface area contributed by atoms with Gasteiger partial charge in [-0.15, -0.1) is 0 Å². The quantitative estimate of drug-likeness (QED) is 0.860. The number of hydrogen-bond donors (Lipinski definition) is 2. The summed E-state index contributed by atoms with van der Waals surface area (Å²) in [5.74, 6) is -1.10. The van der Waals surface area contributed by atoms with Gasteiger partial charge in [0.15, 0.2) is 0 Å². The molecule has 0 aliphatic carbocycles. The maximum absolute atomic E-state index is 10.6. The summed E-state index contributed by atoms with van der Waals surface area (Å²) in [6, 6.07) is 3.92. The van der Waals surface area contributed by atoms with Gasteiger partial charge in [0.25, 0.3) is 0 Å². The summed E-state index contributed by atoms with van der Waals surface area (Å²) in [6.07, 6.45) is 0. The van der Waals surface area contributed by atoms with Crippen LogP contribution in [0.1, 0.15) is 11.6 Å². The van der Waals surface area contributed by atoms with Crippen molar-refractivity contribution in [2.45, 2.75) is 6.04 Å². The molecule has 70 valence electrons. The molecule has 5 heteroatoms. The normalized spacial score (nSPS) is 12.5. The van der Waals surface area contributed by atoms with Crippen molar-refractivity contribution in [3.63, 3.8) is 0 Å². The van der Waals surface area contributed by atoms with E-state index in [0.717, 1.165) is 0 Å². The fraction of sp³-hybridized carbons (Fsp3) is 0.125. The molecule has 13 heavy (non-hydrogen) atoms. The first-order chi connectivity index (χ1) is 6.04. The lowest BCUT2D eigenvalue weighted by atomic mass is 10.1. The molecule has 0 unspecified atom stereocenters. The summed E-state index contributed by atoms with van der Waals surface area (Å²) in [4.78, 5) is 10.6. The molecular formula is C8H7BrClNO2. The first-order valence-corrected chi connectivity index (χ1v) is 4.63. The molecule has 0 fully saturated rings. The van der Waals surface area contributed by atoms with E-state index in [9.17, 15) is 4.79 Å². The Hall–Kier alpha value is -0.580. The second-order valence-corrected chi connectivity index (χ2v) is 3.69. The van der Waals surface area contributed by atoms with Gasteiger partial charge in [0.2, 0.25) is 0 Å². The van der Waals surface area contributed by atoms with Crippen LogP contribution in [0.4, 0.5) is 0 Å². The smallest absolute Gasteiger partial charge is 0.325 e. The Kier molecular flexibility index (Phi) is 3.30. The number of carboxylic acid groups (broad SMARTS) is 1. The molecule has 1 rings (SSSR count). The zero-order chi connectivity index (χ0) is 10.0. The number of hydrogen-bond acceptors (Lipinski definition) is 2. The molecule has 3 nitrogen and oxygen atoms in total. The van der Waals surface area contributed by atoms with Crippen molar-refractivity contribution in [3.05, 3.63) is 33.3 Å². The van der Waals surface area contributed by atoms with E-state index in [2.05, 4.69) is 15.9 Å². The van der Waals surface area contributed by atoms with Crippen LogP contribution in [-0.4, -0.2) is 11.1 Å². The second-order valence-electron chi connectivity index (χ2n) is 2.46. The predicted octanol–water partition coefficient (Wildman–Crippen LogP) is 2.19. The van der Waals surface area contributed by atoms with Gasteiger partial charge in [-0.1, -0.05) is 23.7 Å². The van der Waals surface area contributed by atoms with Gasteiger partial charge in [0.1, 0.15) is 6.04 Å². The molecule has 3 N–H and O–H groups in total. The molecule has 0 saturated heterocycles. The molecule has 0 aliphatic heterocycles.